The van der Waals surface area contributed by atoms with Crippen LogP contribution in [-0.4, -0.2) is 21.2 Å². The van der Waals surface area contributed by atoms with Gasteiger partial charge in [-0.25, -0.2) is 9.97 Å². The number of aromatic nitrogens is 2. The summed E-state index contributed by atoms with van der Waals surface area (Å²) in [7, 11) is 0. The molecule has 5 rings (SSSR count). The van der Waals surface area contributed by atoms with Crippen molar-refractivity contribution in [1.29, 1.82) is 0 Å². The standard InChI is InChI=1S/C24H23Cl2N3O/c1-2-19-22(17-10-9-15(25)12-18(17)26)28-21(13-7-8-13)24(27-19)29-23-16-6-4-3-5-14(16)11-20(23)30/h3-6,9-10,12-13,20,23,30H,2,7-8,11H2,1H3,(H,27,29)/t20-,23+/m0/s1. The van der Waals surface area contributed by atoms with Crippen LogP contribution in [0.1, 0.15) is 54.2 Å². The molecule has 0 amide bonds. The minimum Gasteiger partial charge on any atom is -0.390 e. The predicted molar refractivity (Wildman–Crippen MR) is 121 cm³/mol. The third-order valence-electron chi connectivity index (χ3n) is 5.98. The van der Waals surface area contributed by atoms with Crippen molar-refractivity contribution in [3.63, 3.8) is 0 Å². The van der Waals surface area contributed by atoms with Gasteiger partial charge in [0.1, 0.15) is 5.82 Å². The van der Waals surface area contributed by atoms with Gasteiger partial charge in [-0.2, -0.15) is 0 Å². The van der Waals surface area contributed by atoms with Gasteiger partial charge in [-0.15, -0.1) is 0 Å². The zero-order valence-corrected chi connectivity index (χ0v) is 18.2. The van der Waals surface area contributed by atoms with Crippen LogP contribution in [0.25, 0.3) is 11.3 Å². The normalized spacial score (nSPS) is 20.3. The van der Waals surface area contributed by atoms with Crippen LogP contribution in [0.5, 0.6) is 0 Å². The fourth-order valence-corrected chi connectivity index (χ4v) is 4.77. The highest BCUT2D eigenvalue weighted by Gasteiger charge is 2.35. The highest BCUT2D eigenvalue weighted by Crippen LogP contribution is 2.45. The Labute approximate surface area is 186 Å². The summed E-state index contributed by atoms with van der Waals surface area (Å²) in [6.07, 6.45) is 3.11. The number of halogens is 2. The molecule has 154 valence electrons. The highest BCUT2D eigenvalue weighted by molar-refractivity contribution is 6.36. The summed E-state index contributed by atoms with van der Waals surface area (Å²) < 4.78 is 0. The maximum absolute atomic E-state index is 10.7. The molecule has 2 N–H and O–H groups in total. The number of hydrogen-bond donors (Lipinski definition) is 2. The molecule has 30 heavy (non-hydrogen) atoms. The number of hydrogen-bond acceptors (Lipinski definition) is 4. The summed E-state index contributed by atoms with van der Waals surface area (Å²) in [5, 5.41) is 15.4. The first-order valence-electron chi connectivity index (χ1n) is 10.4. The number of rotatable bonds is 5. The average Bonchev–Trinajstić information content (AvgIpc) is 3.53. The topological polar surface area (TPSA) is 58.0 Å². The Morgan fingerprint density at radius 1 is 1.10 bits per heavy atom. The Bertz CT molecular complexity index is 1110. The monoisotopic (exact) mass is 439 g/mol. The third-order valence-corrected chi connectivity index (χ3v) is 6.52. The predicted octanol–water partition coefficient (Wildman–Crippen LogP) is 5.96. The molecular weight excluding hydrogens is 417 g/mol. The molecule has 1 aromatic heterocycles. The van der Waals surface area contributed by atoms with Gasteiger partial charge in [0, 0.05) is 22.9 Å². The number of aliphatic hydroxyl groups excluding tert-OH is 1. The first-order chi connectivity index (χ1) is 14.5. The Balaban J connectivity index is 1.58. The molecule has 2 aromatic carbocycles. The van der Waals surface area contributed by atoms with Gasteiger partial charge in [0.2, 0.25) is 0 Å². The van der Waals surface area contributed by atoms with E-state index in [2.05, 4.69) is 24.4 Å². The molecule has 0 bridgehead atoms. The minimum atomic E-state index is -0.480. The second kappa shape index (κ2) is 7.84. The summed E-state index contributed by atoms with van der Waals surface area (Å²) >= 11 is 12.6. The summed E-state index contributed by atoms with van der Waals surface area (Å²) in [6, 6.07) is 13.5. The highest BCUT2D eigenvalue weighted by atomic mass is 35.5. The largest absolute Gasteiger partial charge is 0.390 e. The fourth-order valence-electron chi connectivity index (χ4n) is 4.27. The molecule has 0 unspecified atom stereocenters. The molecule has 2 aliphatic rings. The molecule has 1 heterocycles. The van der Waals surface area contributed by atoms with E-state index in [0.717, 1.165) is 53.3 Å². The first-order valence-corrected chi connectivity index (χ1v) is 11.2. The number of anilines is 1. The van der Waals surface area contributed by atoms with Gasteiger partial charge in [-0.1, -0.05) is 54.4 Å². The molecule has 4 nitrogen and oxygen atoms in total. The van der Waals surface area contributed by atoms with E-state index in [9.17, 15) is 5.11 Å². The molecule has 6 heteroatoms. The zero-order chi connectivity index (χ0) is 20.8. The lowest BCUT2D eigenvalue weighted by Gasteiger charge is -2.22. The number of nitrogens with zero attached hydrogens (tertiary/aromatic N) is 2. The Kier molecular flexibility index (Phi) is 5.18. The lowest BCUT2D eigenvalue weighted by Crippen LogP contribution is -2.23. The molecule has 0 radical (unpaired) electrons. The molecular formula is C24H23Cl2N3O. The Morgan fingerprint density at radius 3 is 2.63 bits per heavy atom. The van der Waals surface area contributed by atoms with Crippen molar-refractivity contribution < 1.29 is 5.11 Å². The van der Waals surface area contributed by atoms with Gasteiger partial charge in [0.05, 0.1) is 34.3 Å². The van der Waals surface area contributed by atoms with Gasteiger partial charge < -0.3 is 10.4 Å². The number of fused-ring (bicyclic) bond motifs is 1. The first kappa shape index (κ1) is 19.8. The van der Waals surface area contributed by atoms with Gasteiger partial charge in [-0.05, 0) is 48.6 Å². The lowest BCUT2D eigenvalue weighted by molar-refractivity contribution is 0.165. The summed E-state index contributed by atoms with van der Waals surface area (Å²) in [5.41, 5.74) is 5.83. The quantitative estimate of drug-likeness (QED) is 0.514. The Morgan fingerprint density at radius 2 is 1.90 bits per heavy atom. The number of nitrogens with one attached hydrogen (secondary N) is 1. The maximum Gasteiger partial charge on any atom is 0.148 e. The van der Waals surface area contributed by atoms with Gasteiger partial charge in [0.15, 0.2) is 0 Å². The molecule has 2 aliphatic carbocycles. The van der Waals surface area contributed by atoms with E-state index >= 15 is 0 Å². The van der Waals surface area contributed by atoms with E-state index in [4.69, 9.17) is 33.2 Å². The van der Waals surface area contributed by atoms with E-state index in [0.29, 0.717) is 22.4 Å². The smallest absolute Gasteiger partial charge is 0.148 e. The van der Waals surface area contributed by atoms with Gasteiger partial charge >= 0.3 is 0 Å². The molecule has 2 atom stereocenters. The third kappa shape index (κ3) is 3.58. The van der Waals surface area contributed by atoms with Crippen molar-refractivity contribution in [3.8, 4) is 11.3 Å². The van der Waals surface area contributed by atoms with E-state index in [-0.39, 0.29) is 6.04 Å². The minimum absolute atomic E-state index is 0.178. The molecule has 1 saturated carbocycles. The molecule has 1 fully saturated rings. The number of aryl methyl sites for hydroxylation is 1. The van der Waals surface area contributed by atoms with Crippen LogP contribution in [0.4, 0.5) is 5.82 Å². The number of aliphatic hydroxyl groups is 1. The molecule has 0 spiro atoms. The zero-order valence-electron chi connectivity index (χ0n) is 16.7. The van der Waals surface area contributed by atoms with Crippen molar-refractivity contribution in [2.24, 2.45) is 0 Å². The van der Waals surface area contributed by atoms with E-state index in [1.54, 1.807) is 6.07 Å². The second-order valence-electron chi connectivity index (χ2n) is 8.10. The molecule has 0 aliphatic heterocycles. The molecule has 0 saturated heterocycles. The van der Waals surface area contributed by atoms with E-state index in [1.807, 2.05) is 24.3 Å². The van der Waals surface area contributed by atoms with Crippen LogP contribution in [0.2, 0.25) is 10.0 Å². The van der Waals surface area contributed by atoms with Crippen LogP contribution in [0.15, 0.2) is 42.5 Å². The molecule has 3 aromatic rings. The van der Waals surface area contributed by atoms with Crippen LogP contribution in [0, 0.1) is 0 Å². The second-order valence-corrected chi connectivity index (χ2v) is 8.94. The number of benzene rings is 2. The fraction of sp³-hybridized carbons (Fsp3) is 0.333. The maximum atomic E-state index is 10.7. The van der Waals surface area contributed by atoms with Crippen LogP contribution in [0.3, 0.4) is 0 Å². The lowest BCUT2D eigenvalue weighted by atomic mass is 10.1. The average molecular weight is 440 g/mol. The van der Waals surface area contributed by atoms with E-state index < -0.39 is 6.10 Å². The van der Waals surface area contributed by atoms with Crippen molar-refractivity contribution in [2.75, 3.05) is 5.32 Å². The van der Waals surface area contributed by atoms with Gasteiger partial charge in [-0.3, -0.25) is 0 Å². The SMILES string of the molecule is CCc1nc(N[C@@H]2c3ccccc3C[C@@H]2O)c(C2CC2)nc1-c1ccc(Cl)cc1Cl. The van der Waals surface area contributed by atoms with Gasteiger partial charge in [0.25, 0.3) is 0 Å². The summed E-state index contributed by atoms with van der Waals surface area (Å²) in [5.74, 6) is 1.17. The van der Waals surface area contributed by atoms with Crippen LogP contribution in [-0.2, 0) is 12.8 Å². The van der Waals surface area contributed by atoms with Crippen molar-refractivity contribution in [1.82, 2.24) is 9.97 Å². The van der Waals surface area contributed by atoms with Crippen LogP contribution >= 0.6 is 23.2 Å². The Hall–Kier alpha value is -2.14. The van der Waals surface area contributed by atoms with Crippen molar-refractivity contribution in [3.05, 3.63) is 75.0 Å². The van der Waals surface area contributed by atoms with Crippen molar-refractivity contribution in [2.45, 2.75) is 50.7 Å². The summed E-state index contributed by atoms with van der Waals surface area (Å²) in [6.45, 7) is 2.07. The summed E-state index contributed by atoms with van der Waals surface area (Å²) in [4.78, 5) is 10.0. The van der Waals surface area contributed by atoms with Crippen molar-refractivity contribution >= 4 is 29.0 Å². The van der Waals surface area contributed by atoms with E-state index in [1.165, 1.54) is 5.56 Å². The van der Waals surface area contributed by atoms with Crippen LogP contribution < -0.4 is 5.32 Å².